The molecular formula is C25H26N6O5S. The second kappa shape index (κ2) is 10.7. The number of carbonyl (C=O) groups excluding carboxylic acids is 3. The van der Waals surface area contributed by atoms with E-state index < -0.39 is 21.8 Å². The maximum absolute atomic E-state index is 12.6. The summed E-state index contributed by atoms with van der Waals surface area (Å²) >= 11 is 0. The number of hydrogen-bond acceptors (Lipinski definition) is 7. The molecule has 1 aromatic heterocycles. The van der Waals surface area contributed by atoms with E-state index >= 15 is 0 Å². The molecule has 1 atom stereocenters. The molecule has 0 spiro atoms. The van der Waals surface area contributed by atoms with E-state index in [1.165, 1.54) is 36.7 Å². The maximum Gasteiger partial charge on any atom is 0.264 e. The smallest absolute Gasteiger partial charge is 0.264 e. The lowest BCUT2D eigenvalue weighted by atomic mass is 10.1. The van der Waals surface area contributed by atoms with E-state index in [0.29, 0.717) is 23.5 Å². The number of hydrogen-bond donors (Lipinski definition) is 3. The molecule has 3 aromatic rings. The molecule has 2 aromatic carbocycles. The second-order valence-electron chi connectivity index (χ2n) is 8.76. The van der Waals surface area contributed by atoms with Gasteiger partial charge in [-0.05, 0) is 68.4 Å². The molecule has 1 unspecified atom stereocenters. The van der Waals surface area contributed by atoms with E-state index in [1.54, 1.807) is 35.2 Å². The molecule has 12 heteroatoms. The summed E-state index contributed by atoms with van der Waals surface area (Å²) < 4.78 is 27.2. The number of carbonyl (C=O) groups is 3. The summed E-state index contributed by atoms with van der Waals surface area (Å²) in [6, 6.07) is 13.6. The highest BCUT2D eigenvalue weighted by Crippen LogP contribution is 2.22. The number of rotatable bonds is 8. The van der Waals surface area contributed by atoms with Crippen LogP contribution in [0.4, 0.5) is 17.3 Å². The largest absolute Gasteiger partial charge is 0.339 e. The molecule has 1 saturated heterocycles. The molecule has 3 N–H and O–H groups in total. The fraction of sp³-hybridized carbons (Fsp3) is 0.240. The lowest BCUT2D eigenvalue weighted by molar-refractivity contribution is -0.129. The van der Waals surface area contributed by atoms with Gasteiger partial charge in [0.05, 0.1) is 10.8 Å². The number of sulfonamides is 1. The van der Waals surface area contributed by atoms with Crippen molar-refractivity contribution in [1.29, 1.82) is 0 Å². The molecule has 4 rings (SSSR count). The first-order valence-corrected chi connectivity index (χ1v) is 13.0. The molecule has 1 aliphatic rings. The highest BCUT2D eigenvalue weighted by Gasteiger charge is 2.35. The summed E-state index contributed by atoms with van der Waals surface area (Å²) in [6.45, 7) is 4.22. The van der Waals surface area contributed by atoms with Crippen molar-refractivity contribution in [3.8, 4) is 0 Å². The van der Waals surface area contributed by atoms with E-state index in [4.69, 9.17) is 0 Å². The van der Waals surface area contributed by atoms with Crippen LogP contribution in [0.1, 0.15) is 30.6 Å². The Labute approximate surface area is 214 Å². The van der Waals surface area contributed by atoms with Gasteiger partial charge < -0.3 is 15.5 Å². The minimum atomic E-state index is -3.89. The number of nitrogens with zero attached hydrogens (tertiary/aromatic N) is 3. The standard InChI is InChI=1S/C25H26N6O5S/c1-16(2)31-15-18(14-22(31)32)24(34)29-19-6-4-17(5-7-19)23(33)28-20-8-10-21(11-9-20)37(35,36)30-25-26-12-3-13-27-25/h3-13,16,18H,14-15H2,1-2H3,(H,28,33)(H,29,34)(H,26,27,30). The van der Waals surface area contributed by atoms with Crippen LogP contribution in [0.25, 0.3) is 0 Å². The molecule has 192 valence electrons. The van der Waals surface area contributed by atoms with Gasteiger partial charge in [-0.15, -0.1) is 0 Å². The molecule has 37 heavy (non-hydrogen) atoms. The second-order valence-corrected chi connectivity index (χ2v) is 10.4. The van der Waals surface area contributed by atoms with E-state index in [0.717, 1.165) is 0 Å². The lowest BCUT2D eigenvalue weighted by Gasteiger charge is -2.20. The van der Waals surface area contributed by atoms with Gasteiger partial charge in [0.1, 0.15) is 0 Å². The Hall–Kier alpha value is -4.32. The van der Waals surface area contributed by atoms with E-state index in [2.05, 4.69) is 25.3 Å². The van der Waals surface area contributed by atoms with E-state index in [9.17, 15) is 22.8 Å². The fourth-order valence-corrected chi connectivity index (χ4v) is 4.77. The van der Waals surface area contributed by atoms with Crippen molar-refractivity contribution in [1.82, 2.24) is 14.9 Å². The molecule has 1 aliphatic heterocycles. The zero-order valence-corrected chi connectivity index (χ0v) is 21.0. The Morgan fingerprint density at radius 1 is 0.946 bits per heavy atom. The molecular weight excluding hydrogens is 496 g/mol. The monoisotopic (exact) mass is 522 g/mol. The predicted octanol–water partition coefficient (Wildman–Crippen LogP) is 2.73. The van der Waals surface area contributed by atoms with Crippen molar-refractivity contribution in [3.63, 3.8) is 0 Å². The van der Waals surface area contributed by atoms with Crippen molar-refractivity contribution >= 4 is 45.1 Å². The van der Waals surface area contributed by atoms with Crippen molar-refractivity contribution in [3.05, 3.63) is 72.6 Å². The number of nitrogens with one attached hydrogen (secondary N) is 3. The average molecular weight is 523 g/mol. The Morgan fingerprint density at radius 2 is 1.54 bits per heavy atom. The molecule has 0 saturated carbocycles. The number of amides is 3. The molecule has 2 heterocycles. The van der Waals surface area contributed by atoms with Gasteiger partial charge in [0, 0.05) is 48.3 Å². The predicted molar refractivity (Wildman–Crippen MR) is 137 cm³/mol. The van der Waals surface area contributed by atoms with E-state index in [1.807, 2.05) is 13.8 Å². The maximum atomic E-state index is 12.6. The summed E-state index contributed by atoms with van der Waals surface area (Å²) in [6.07, 6.45) is 3.02. The first kappa shape index (κ1) is 25.8. The average Bonchev–Trinajstić information content (AvgIpc) is 3.27. The van der Waals surface area contributed by atoms with Crippen molar-refractivity contribution in [2.24, 2.45) is 5.92 Å². The van der Waals surface area contributed by atoms with Crippen molar-refractivity contribution in [2.75, 3.05) is 21.9 Å². The van der Waals surface area contributed by atoms with Crippen LogP contribution in [0, 0.1) is 5.92 Å². The molecule has 0 bridgehead atoms. The minimum absolute atomic E-state index is 0.0153. The van der Waals surface area contributed by atoms with Crippen molar-refractivity contribution < 1.29 is 22.8 Å². The number of benzene rings is 2. The summed E-state index contributed by atoms with van der Waals surface area (Å²) in [4.78, 5) is 46.6. The Bertz CT molecular complexity index is 1390. The van der Waals surface area contributed by atoms with Gasteiger partial charge in [0.2, 0.25) is 17.8 Å². The molecule has 11 nitrogen and oxygen atoms in total. The van der Waals surface area contributed by atoms with Gasteiger partial charge in [0.25, 0.3) is 15.9 Å². The lowest BCUT2D eigenvalue weighted by Crippen LogP contribution is -2.33. The SMILES string of the molecule is CC(C)N1CC(C(=O)Nc2ccc(C(=O)Nc3ccc(S(=O)(=O)Nc4ncccn4)cc3)cc2)CC1=O. The van der Waals surface area contributed by atoms with Crippen LogP contribution < -0.4 is 15.4 Å². The minimum Gasteiger partial charge on any atom is -0.339 e. The van der Waals surface area contributed by atoms with E-state index in [-0.39, 0.29) is 35.1 Å². The molecule has 1 fully saturated rings. The van der Waals surface area contributed by atoms with Crippen LogP contribution in [0.5, 0.6) is 0 Å². The Morgan fingerprint density at radius 3 is 2.14 bits per heavy atom. The van der Waals surface area contributed by atoms with Gasteiger partial charge in [-0.1, -0.05) is 0 Å². The van der Waals surface area contributed by atoms with Crippen LogP contribution >= 0.6 is 0 Å². The van der Waals surface area contributed by atoms with Crippen LogP contribution in [0.2, 0.25) is 0 Å². The number of aromatic nitrogens is 2. The van der Waals surface area contributed by atoms with Crippen LogP contribution in [0.3, 0.4) is 0 Å². The molecule has 0 radical (unpaired) electrons. The van der Waals surface area contributed by atoms with Gasteiger partial charge in [0.15, 0.2) is 0 Å². The van der Waals surface area contributed by atoms with Crippen LogP contribution in [0.15, 0.2) is 71.9 Å². The Kier molecular flexibility index (Phi) is 7.48. The zero-order chi connectivity index (χ0) is 26.6. The quantitative estimate of drug-likeness (QED) is 0.412. The molecule has 0 aliphatic carbocycles. The fourth-order valence-electron chi connectivity index (χ4n) is 3.81. The van der Waals surface area contributed by atoms with Gasteiger partial charge in [-0.25, -0.2) is 23.1 Å². The third-order valence-corrected chi connectivity index (χ3v) is 7.13. The van der Waals surface area contributed by atoms with Gasteiger partial charge >= 0.3 is 0 Å². The number of likely N-dealkylation sites (tertiary alicyclic amines) is 1. The highest BCUT2D eigenvalue weighted by atomic mass is 32.2. The topological polar surface area (TPSA) is 150 Å². The van der Waals surface area contributed by atoms with Gasteiger partial charge in [-0.3, -0.25) is 14.4 Å². The third kappa shape index (κ3) is 6.28. The summed E-state index contributed by atoms with van der Waals surface area (Å²) in [5, 5.41) is 5.50. The normalized spacial score (nSPS) is 15.5. The first-order valence-electron chi connectivity index (χ1n) is 11.5. The zero-order valence-electron chi connectivity index (χ0n) is 20.2. The Balaban J connectivity index is 1.33. The number of anilines is 3. The summed E-state index contributed by atoms with van der Waals surface area (Å²) in [7, 11) is -3.89. The first-order chi connectivity index (χ1) is 17.6. The molecule has 3 amide bonds. The summed E-state index contributed by atoms with van der Waals surface area (Å²) in [5.41, 5.74) is 1.26. The third-order valence-electron chi connectivity index (χ3n) is 5.78. The van der Waals surface area contributed by atoms with Gasteiger partial charge in [-0.2, -0.15) is 0 Å². The van der Waals surface area contributed by atoms with Crippen LogP contribution in [-0.2, 0) is 19.6 Å². The highest BCUT2D eigenvalue weighted by molar-refractivity contribution is 7.92. The summed E-state index contributed by atoms with van der Waals surface area (Å²) in [5.74, 6) is -1.14. The van der Waals surface area contributed by atoms with Crippen LogP contribution in [-0.4, -0.2) is 53.6 Å². The van der Waals surface area contributed by atoms with Crippen molar-refractivity contribution in [2.45, 2.75) is 31.2 Å².